The monoisotopic (exact) mass is 437 g/mol. The van der Waals surface area contributed by atoms with Crippen LogP contribution in [-0.2, 0) is 4.74 Å². The summed E-state index contributed by atoms with van der Waals surface area (Å²) in [6.07, 6.45) is 1.53. The van der Waals surface area contributed by atoms with Crippen LogP contribution in [0.1, 0.15) is 43.6 Å². The van der Waals surface area contributed by atoms with Gasteiger partial charge in [-0.25, -0.2) is 14.4 Å². The van der Waals surface area contributed by atoms with Crippen molar-refractivity contribution in [3.63, 3.8) is 0 Å². The van der Waals surface area contributed by atoms with E-state index < -0.39 is 40.4 Å². The maximum absolute atomic E-state index is 12.4. The number of aromatic amines is 1. The number of carboxylic acid groups (broad SMARTS) is 2. The number of rotatable bonds is 6. The van der Waals surface area contributed by atoms with E-state index in [1.807, 2.05) is 0 Å². The third-order valence-corrected chi connectivity index (χ3v) is 4.76. The van der Waals surface area contributed by atoms with Crippen molar-refractivity contribution >= 4 is 23.7 Å². The molecule has 0 aliphatic heterocycles. The Labute approximate surface area is 181 Å². The topological polar surface area (TPSA) is 173 Å². The van der Waals surface area contributed by atoms with Gasteiger partial charge >= 0.3 is 17.9 Å². The van der Waals surface area contributed by atoms with Crippen LogP contribution in [-0.4, -0.2) is 44.7 Å². The summed E-state index contributed by atoms with van der Waals surface area (Å²) in [4.78, 5) is 54.4. The molecular formula is C22H19N3O7. The van der Waals surface area contributed by atoms with Crippen LogP contribution < -0.4 is 11.3 Å². The van der Waals surface area contributed by atoms with Crippen LogP contribution in [0.15, 0.2) is 41.3 Å². The molecule has 0 saturated heterocycles. The van der Waals surface area contributed by atoms with Crippen LogP contribution in [0.4, 0.5) is 5.82 Å². The zero-order chi connectivity index (χ0) is 23.6. The van der Waals surface area contributed by atoms with Gasteiger partial charge in [0.2, 0.25) is 0 Å². The first kappa shape index (κ1) is 22.2. The second-order valence-electron chi connectivity index (χ2n) is 6.75. The number of ether oxygens (including phenoxy) is 1. The lowest BCUT2D eigenvalue weighted by Crippen LogP contribution is -2.24. The number of nitrogens with zero attached hydrogens (tertiary/aromatic N) is 1. The molecule has 0 spiro atoms. The smallest absolute Gasteiger partial charge is 0.342 e. The van der Waals surface area contributed by atoms with Crippen molar-refractivity contribution in [3.8, 4) is 22.4 Å². The number of hydrogen-bond acceptors (Lipinski definition) is 7. The zero-order valence-electron chi connectivity index (χ0n) is 17.1. The number of nitrogens with one attached hydrogen (secondary N) is 1. The minimum atomic E-state index is -1.60. The summed E-state index contributed by atoms with van der Waals surface area (Å²) in [6, 6.07) is 7.60. The van der Waals surface area contributed by atoms with Crippen LogP contribution >= 0.6 is 0 Å². The highest BCUT2D eigenvalue weighted by Gasteiger charge is 2.27. The van der Waals surface area contributed by atoms with Gasteiger partial charge in [0.25, 0.3) is 5.56 Å². The van der Waals surface area contributed by atoms with Gasteiger partial charge in [-0.3, -0.25) is 9.78 Å². The van der Waals surface area contributed by atoms with E-state index in [9.17, 15) is 29.4 Å². The van der Waals surface area contributed by atoms with E-state index >= 15 is 0 Å². The number of aromatic nitrogens is 2. The van der Waals surface area contributed by atoms with Crippen LogP contribution in [0.5, 0.6) is 0 Å². The normalized spacial score (nSPS) is 10.6. The first-order chi connectivity index (χ1) is 15.2. The van der Waals surface area contributed by atoms with E-state index in [0.717, 1.165) is 0 Å². The summed E-state index contributed by atoms with van der Waals surface area (Å²) in [6.45, 7) is 3.61. The second-order valence-corrected chi connectivity index (χ2v) is 6.75. The number of carbonyl (C=O) groups excluding carboxylic acids is 1. The van der Waals surface area contributed by atoms with Crippen molar-refractivity contribution < 1.29 is 29.3 Å². The summed E-state index contributed by atoms with van der Waals surface area (Å²) in [5.41, 5.74) is 4.97. The van der Waals surface area contributed by atoms with Gasteiger partial charge < -0.3 is 25.7 Å². The Balaban J connectivity index is 2.22. The van der Waals surface area contributed by atoms with Gasteiger partial charge in [-0.05, 0) is 31.0 Å². The molecule has 1 aromatic carbocycles. The molecule has 0 atom stereocenters. The molecule has 10 heteroatoms. The van der Waals surface area contributed by atoms with E-state index in [0.29, 0.717) is 16.8 Å². The van der Waals surface area contributed by atoms with Crippen molar-refractivity contribution in [2.45, 2.75) is 13.8 Å². The minimum absolute atomic E-state index is 0.145. The number of pyridine rings is 2. The number of aromatic carboxylic acids is 2. The summed E-state index contributed by atoms with van der Waals surface area (Å²) in [5.74, 6) is -4.10. The van der Waals surface area contributed by atoms with Gasteiger partial charge in [-0.15, -0.1) is 0 Å². The van der Waals surface area contributed by atoms with E-state index in [1.165, 1.54) is 30.5 Å². The highest BCUT2D eigenvalue weighted by Crippen LogP contribution is 2.32. The third-order valence-electron chi connectivity index (χ3n) is 4.76. The molecule has 0 unspecified atom stereocenters. The first-order valence-corrected chi connectivity index (χ1v) is 9.43. The maximum atomic E-state index is 12.4. The lowest BCUT2D eigenvalue weighted by molar-refractivity contribution is 0.0525. The van der Waals surface area contributed by atoms with Gasteiger partial charge in [0.05, 0.1) is 17.9 Å². The minimum Gasteiger partial charge on any atom is -0.478 e. The average molecular weight is 437 g/mol. The summed E-state index contributed by atoms with van der Waals surface area (Å²) in [7, 11) is 0. The zero-order valence-corrected chi connectivity index (χ0v) is 17.1. The summed E-state index contributed by atoms with van der Waals surface area (Å²) >= 11 is 0. The fourth-order valence-electron chi connectivity index (χ4n) is 3.37. The van der Waals surface area contributed by atoms with Crippen LogP contribution in [0.25, 0.3) is 22.4 Å². The molecule has 164 valence electrons. The molecule has 3 rings (SSSR count). The number of nitrogens with two attached hydrogens (primary N) is 1. The Morgan fingerprint density at radius 1 is 1.00 bits per heavy atom. The Morgan fingerprint density at radius 2 is 1.59 bits per heavy atom. The molecule has 2 heterocycles. The largest absolute Gasteiger partial charge is 0.478 e. The van der Waals surface area contributed by atoms with E-state index in [4.69, 9.17) is 10.5 Å². The number of hydrogen-bond donors (Lipinski definition) is 4. The number of H-pyrrole nitrogens is 1. The van der Waals surface area contributed by atoms with Crippen molar-refractivity contribution in [1.29, 1.82) is 0 Å². The predicted octanol–water partition coefficient (Wildman–Crippen LogP) is 2.57. The summed E-state index contributed by atoms with van der Waals surface area (Å²) < 4.78 is 5.11. The number of carbonyl (C=O) groups is 3. The molecule has 0 amide bonds. The lowest BCUT2D eigenvalue weighted by Gasteiger charge is -2.14. The Bertz CT molecular complexity index is 1290. The quantitative estimate of drug-likeness (QED) is 0.423. The molecule has 3 aromatic rings. The third kappa shape index (κ3) is 3.93. The van der Waals surface area contributed by atoms with E-state index in [1.54, 1.807) is 19.9 Å². The van der Waals surface area contributed by atoms with E-state index in [2.05, 4.69) is 9.97 Å². The molecule has 2 aromatic heterocycles. The summed E-state index contributed by atoms with van der Waals surface area (Å²) in [5, 5.41) is 19.1. The molecule has 5 N–H and O–H groups in total. The Kier molecular flexibility index (Phi) is 6.06. The molecule has 0 fully saturated rings. The molecule has 32 heavy (non-hydrogen) atoms. The number of esters is 1. The fourth-order valence-corrected chi connectivity index (χ4v) is 3.37. The molecular weight excluding hydrogens is 418 g/mol. The van der Waals surface area contributed by atoms with Gasteiger partial charge in [0.1, 0.15) is 16.9 Å². The number of carboxylic acids is 2. The average Bonchev–Trinajstić information content (AvgIpc) is 2.72. The standard InChI is InChI=1S/C22H19N3O7/c1-3-32-22(31)13-10(2)8-9-24-17(13)12-6-4-11(5-7-12)14-15(20(27)28)18(23)25-19(26)16(14)21(29)30/h4-9H,3H2,1-2H3,(H,27,28)(H,29,30)(H3,23,25,26). The maximum Gasteiger partial charge on any atom is 0.342 e. The van der Waals surface area contributed by atoms with Crippen LogP contribution in [0.3, 0.4) is 0 Å². The molecule has 0 bridgehead atoms. The van der Waals surface area contributed by atoms with Gasteiger partial charge in [-0.2, -0.15) is 0 Å². The molecule has 0 aliphatic carbocycles. The second kappa shape index (κ2) is 8.72. The van der Waals surface area contributed by atoms with Gasteiger partial charge in [0.15, 0.2) is 0 Å². The Morgan fingerprint density at radius 3 is 2.16 bits per heavy atom. The molecule has 10 nitrogen and oxygen atoms in total. The van der Waals surface area contributed by atoms with E-state index in [-0.39, 0.29) is 23.3 Å². The van der Waals surface area contributed by atoms with Crippen LogP contribution in [0, 0.1) is 6.92 Å². The highest BCUT2D eigenvalue weighted by atomic mass is 16.5. The number of nitrogen functional groups attached to an aromatic ring is 1. The Hall–Kier alpha value is -4.47. The molecule has 0 aliphatic rings. The first-order valence-electron chi connectivity index (χ1n) is 9.43. The van der Waals surface area contributed by atoms with Crippen molar-refractivity contribution in [2.75, 3.05) is 12.3 Å². The van der Waals surface area contributed by atoms with Crippen molar-refractivity contribution in [2.24, 2.45) is 0 Å². The number of anilines is 1. The predicted molar refractivity (Wildman–Crippen MR) is 115 cm³/mol. The number of aryl methyl sites for hydroxylation is 1. The van der Waals surface area contributed by atoms with Crippen molar-refractivity contribution in [3.05, 3.63) is 69.1 Å². The SMILES string of the molecule is CCOC(=O)c1c(C)ccnc1-c1ccc(-c2c(C(=O)O)c(N)[nH]c(=O)c2C(=O)O)cc1. The van der Waals surface area contributed by atoms with Gasteiger partial charge in [-0.1, -0.05) is 24.3 Å². The van der Waals surface area contributed by atoms with Crippen molar-refractivity contribution in [1.82, 2.24) is 9.97 Å². The fraction of sp³-hybridized carbons (Fsp3) is 0.136. The number of benzene rings is 1. The van der Waals surface area contributed by atoms with Crippen LogP contribution in [0.2, 0.25) is 0 Å². The van der Waals surface area contributed by atoms with Gasteiger partial charge in [0, 0.05) is 17.3 Å². The highest BCUT2D eigenvalue weighted by molar-refractivity contribution is 6.07. The molecule has 0 saturated carbocycles. The molecule has 0 radical (unpaired) electrons. The lowest BCUT2D eigenvalue weighted by atomic mass is 9.93.